The van der Waals surface area contributed by atoms with Gasteiger partial charge in [0.2, 0.25) is 5.91 Å². The molecule has 9 nitrogen and oxygen atoms in total. The van der Waals surface area contributed by atoms with Crippen LogP contribution in [0, 0.1) is 5.82 Å². The maximum Gasteiger partial charge on any atom is 0.323 e. The van der Waals surface area contributed by atoms with E-state index in [9.17, 15) is 19.1 Å². The smallest absolute Gasteiger partial charge is 0.323 e. The number of halogens is 1. The maximum absolute atomic E-state index is 13.1. The van der Waals surface area contributed by atoms with Crippen molar-refractivity contribution >= 4 is 23.3 Å². The monoisotopic (exact) mass is 498 g/mol. The zero-order valence-electron chi connectivity index (χ0n) is 20.2. The Morgan fingerprint density at radius 1 is 1.06 bits per heavy atom. The number of ether oxygens (including phenoxy) is 2. The van der Waals surface area contributed by atoms with E-state index in [1.165, 1.54) is 24.3 Å². The zero-order valence-corrected chi connectivity index (χ0v) is 20.2. The van der Waals surface area contributed by atoms with Gasteiger partial charge in [-0.25, -0.2) is 9.18 Å². The van der Waals surface area contributed by atoms with Gasteiger partial charge in [-0.15, -0.1) is 0 Å². The Hall–Kier alpha value is -3.21. The summed E-state index contributed by atoms with van der Waals surface area (Å²) in [4.78, 5) is 29.4. The van der Waals surface area contributed by atoms with Crippen LogP contribution in [-0.2, 0) is 9.53 Å². The van der Waals surface area contributed by atoms with Crippen molar-refractivity contribution in [2.45, 2.75) is 37.1 Å². The number of aliphatic hydroxyl groups is 1. The second kappa shape index (κ2) is 10.4. The summed E-state index contributed by atoms with van der Waals surface area (Å²) in [6.45, 7) is 2.91. The molecule has 0 spiro atoms. The van der Waals surface area contributed by atoms with Gasteiger partial charge in [0.1, 0.15) is 23.8 Å². The fraction of sp³-hybridized carbons (Fsp3) is 0.462. The quantitative estimate of drug-likeness (QED) is 0.586. The van der Waals surface area contributed by atoms with Gasteiger partial charge in [0.05, 0.1) is 19.1 Å². The number of rotatable bonds is 5. The highest BCUT2D eigenvalue weighted by molar-refractivity contribution is 5.99. The molecule has 0 saturated carbocycles. The van der Waals surface area contributed by atoms with Crippen molar-refractivity contribution in [1.82, 2.24) is 9.80 Å². The van der Waals surface area contributed by atoms with E-state index in [1.807, 2.05) is 18.0 Å². The number of piperazine rings is 1. The molecule has 2 aromatic carbocycles. The van der Waals surface area contributed by atoms with E-state index in [1.54, 1.807) is 12.1 Å². The Labute approximate surface area is 209 Å². The van der Waals surface area contributed by atoms with Crippen LogP contribution in [0.1, 0.15) is 24.3 Å². The van der Waals surface area contributed by atoms with Crippen molar-refractivity contribution in [2.75, 3.05) is 50.5 Å². The molecule has 0 radical (unpaired) electrons. The van der Waals surface area contributed by atoms with Crippen molar-refractivity contribution in [3.8, 4) is 5.75 Å². The topological polar surface area (TPSA) is 103 Å². The Kier molecular flexibility index (Phi) is 7.08. The molecule has 36 heavy (non-hydrogen) atoms. The summed E-state index contributed by atoms with van der Waals surface area (Å²) < 4.78 is 25.3. The maximum atomic E-state index is 13.1. The molecule has 0 aromatic heterocycles. The van der Waals surface area contributed by atoms with Gasteiger partial charge in [0, 0.05) is 49.0 Å². The number of fused-ring (bicyclic) bond motifs is 3. The number of nitrogens with zero attached hydrogens (tertiary/aromatic N) is 2. The largest absolute Gasteiger partial charge is 0.487 e. The van der Waals surface area contributed by atoms with Crippen molar-refractivity contribution < 1.29 is 28.6 Å². The number of likely N-dealkylation sites (N-methyl/N-ethyl adjacent to an activating group) is 1. The standard InChI is InChI=1S/C26H31FN4O5/c1-30-8-10-31(11-9-30)24(33)14-19-13-21-20-12-18(6-7-22(20)36-25(21)23(15-32)35-19)29-26(34)28-17-4-2-16(27)3-5-17/h2-7,12,19,21,23,25,32H,8-11,13-15H2,1H3,(H2,28,29,34)/t19-,21+,23+,25-/m1/s1. The van der Waals surface area contributed by atoms with E-state index in [4.69, 9.17) is 9.47 Å². The molecule has 3 aliphatic heterocycles. The van der Waals surface area contributed by atoms with Crippen LogP contribution in [0.4, 0.5) is 20.6 Å². The lowest BCUT2D eigenvalue weighted by molar-refractivity contribution is -0.150. The first-order valence-electron chi connectivity index (χ1n) is 12.3. The van der Waals surface area contributed by atoms with Crippen LogP contribution < -0.4 is 15.4 Å². The van der Waals surface area contributed by atoms with Gasteiger partial charge in [0.25, 0.3) is 0 Å². The first-order chi connectivity index (χ1) is 17.4. The normalized spacial score (nSPS) is 25.5. The number of amides is 3. The molecule has 5 rings (SSSR count). The fourth-order valence-corrected chi connectivity index (χ4v) is 5.17. The average Bonchev–Trinajstić information content (AvgIpc) is 3.23. The van der Waals surface area contributed by atoms with E-state index in [2.05, 4.69) is 15.5 Å². The van der Waals surface area contributed by atoms with Gasteiger partial charge < -0.3 is 35.0 Å². The summed E-state index contributed by atoms with van der Waals surface area (Å²) in [5.41, 5.74) is 1.97. The summed E-state index contributed by atoms with van der Waals surface area (Å²) in [6, 6.07) is 10.5. The predicted molar refractivity (Wildman–Crippen MR) is 132 cm³/mol. The lowest BCUT2D eigenvalue weighted by Gasteiger charge is -2.38. The second-order valence-corrected chi connectivity index (χ2v) is 9.63. The van der Waals surface area contributed by atoms with E-state index >= 15 is 0 Å². The number of hydrogen-bond acceptors (Lipinski definition) is 6. The zero-order chi connectivity index (χ0) is 25.2. The summed E-state index contributed by atoms with van der Waals surface area (Å²) in [5, 5.41) is 15.5. The number of anilines is 2. The highest BCUT2D eigenvalue weighted by Crippen LogP contribution is 2.47. The predicted octanol–water partition coefficient (Wildman–Crippen LogP) is 2.63. The van der Waals surface area contributed by atoms with Crippen LogP contribution in [0.2, 0.25) is 0 Å². The molecule has 0 aliphatic carbocycles. The number of benzene rings is 2. The molecule has 3 amide bonds. The molecule has 3 heterocycles. The van der Waals surface area contributed by atoms with Gasteiger partial charge in [-0.3, -0.25) is 4.79 Å². The molecular formula is C26H31FN4O5. The molecule has 3 aliphatic rings. The lowest BCUT2D eigenvalue weighted by atomic mass is 9.84. The molecule has 2 saturated heterocycles. The summed E-state index contributed by atoms with van der Waals surface area (Å²) in [6.07, 6.45) is -0.387. The van der Waals surface area contributed by atoms with Gasteiger partial charge in [-0.2, -0.15) is 0 Å². The third-order valence-corrected chi connectivity index (χ3v) is 7.12. The van der Waals surface area contributed by atoms with E-state index < -0.39 is 12.1 Å². The molecule has 192 valence electrons. The van der Waals surface area contributed by atoms with Gasteiger partial charge in [-0.1, -0.05) is 0 Å². The minimum Gasteiger partial charge on any atom is -0.487 e. The third-order valence-electron chi connectivity index (χ3n) is 7.12. The number of aliphatic hydroxyl groups excluding tert-OH is 1. The minimum atomic E-state index is -0.542. The Balaban J connectivity index is 1.26. The molecule has 3 N–H and O–H groups in total. The number of urea groups is 1. The molecule has 2 fully saturated rings. The van der Waals surface area contributed by atoms with E-state index in [-0.39, 0.29) is 42.9 Å². The molecule has 0 bridgehead atoms. The van der Waals surface area contributed by atoms with Crippen LogP contribution in [0.5, 0.6) is 5.75 Å². The number of carbonyl (C=O) groups is 2. The van der Waals surface area contributed by atoms with Crippen molar-refractivity contribution in [3.63, 3.8) is 0 Å². The average molecular weight is 499 g/mol. The van der Waals surface area contributed by atoms with E-state index in [0.29, 0.717) is 36.6 Å². The second-order valence-electron chi connectivity index (χ2n) is 9.63. The van der Waals surface area contributed by atoms with Crippen molar-refractivity contribution in [3.05, 3.63) is 53.8 Å². The van der Waals surface area contributed by atoms with Crippen molar-refractivity contribution in [1.29, 1.82) is 0 Å². The Morgan fingerprint density at radius 3 is 2.47 bits per heavy atom. The highest BCUT2D eigenvalue weighted by Gasteiger charge is 2.46. The van der Waals surface area contributed by atoms with Gasteiger partial charge in [0.15, 0.2) is 0 Å². The van der Waals surface area contributed by atoms with Gasteiger partial charge in [-0.05, 0) is 55.9 Å². The van der Waals surface area contributed by atoms with Crippen LogP contribution in [-0.4, -0.2) is 85.0 Å². The molecule has 2 aromatic rings. The SMILES string of the molecule is CN1CCN(C(=O)C[C@H]2C[C@H]3c4cc(NC(=O)Nc5ccc(F)cc5)ccc4O[C@H]3[C@H](CO)O2)CC1. The minimum absolute atomic E-state index is 0.0651. The van der Waals surface area contributed by atoms with Crippen LogP contribution in [0.15, 0.2) is 42.5 Å². The van der Waals surface area contributed by atoms with E-state index in [0.717, 1.165) is 18.7 Å². The van der Waals surface area contributed by atoms with Crippen LogP contribution in [0.3, 0.4) is 0 Å². The number of hydrogen-bond donors (Lipinski definition) is 3. The lowest BCUT2D eigenvalue weighted by Crippen LogP contribution is -2.50. The third kappa shape index (κ3) is 5.30. The highest BCUT2D eigenvalue weighted by atomic mass is 19.1. The summed E-state index contributed by atoms with van der Waals surface area (Å²) in [5.74, 6) is 0.297. The summed E-state index contributed by atoms with van der Waals surface area (Å²) in [7, 11) is 2.05. The molecule has 10 heteroatoms. The Morgan fingerprint density at radius 2 is 1.75 bits per heavy atom. The molecule has 4 atom stereocenters. The first kappa shape index (κ1) is 24.5. The molecule has 0 unspecified atom stereocenters. The summed E-state index contributed by atoms with van der Waals surface area (Å²) >= 11 is 0. The number of carbonyl (C=O) groups excluding carboxylic acids is 2. The Bertz CT molecular complexity index is 1110. The van der Waals surface area contributed by atoms with Crippen molar-refractivity contribution in [2.24, 2.45) is 0 Å². The van der Waals surface area contributed by atoms with Gasteiger partial charge >= 0.3 is 6.03 Å². The number of nitrogens with one attached hydrogen (secondary N) is 2. The van der Waals surface area contributed by atoms with Crippen LogP contribution >= 0.6 is 0 Å². The van der Waals surface area contributed by atoms with Crippen LogP contribution in [0.25, 0.3) is 0 Å². The fourth-order valence-electron chi connectivity index (χ4n) is 5.17. The first-order valence-corrected chi connectivity index (χ1v) is 12.3. The molecular weight excluding hydrogens is 467 g/mol.